The quantitative estimate of drug-likeness (QED) is 0.388. The van der Waals surface area contributed by atoms with Crippen LogP contribution in [0.25, 0.3) is 38.8 Å². The molecule has 0 aliphatic heterocycles. The number of benzene rings is 2. The summed E-state index contributed by atoms with van der Waals surface area (Å²) >= 11 is 0. The molecular formula is C26H23F3N6O2. The molecule has 2 aromatic carbocycles. The maximum absolute atomic E-state index is 13.6. The van der Waals surface area contributed by atoms with Crippen LogP contribution in [-0.4, -0.2) is 42.5 Å². The van der Waals surface area contributed by atoms with Crippen molar-refractivity contribution in [2.45, 2.75) is 26.6 Å². The molecule has 0 aliphatic rings. The largest absolute Gasteiger partial charge is 0.405 e. The summed E-state index contributed by atoms with van der Waals surface area (Å²) in [4.78, 5) is 30.2. The number of fused-ring (bicyclic) bond motifs is 2. The lowest BCUT2D eigenvalue weighted by molar-refractivity contribution is -0.138. The number of aryl methyl sites for hydroxylation is 3. The molecule has 0 bridgehead atoms. The fourth-order valence-corrected chi connectivity index (χ4v) is 4.61. The zero-order chi connectivity index (χ0) is 26.5. The van der Waals surface area contributed by atoms with Crippen molar-refractivity contribution in [2.75, 3.05) is 6.54 Å². The summed E-state index contributed by atoms with van der Waals surface area (Å²) in [5.41, 5.74) is 5.40. The molecule has 3 aromatic heterocycles. The molecule has 3 heterocycles. The standard InChI is InChI=1S/C26H23F3N6O2/c1-15-5-4-6-21-24(15)35(25(37)34(21)13-23(36)31-14-26(27,28)29)20-8-7-17(9-16(20)2)18-10-30-12-22-19(18)11-32-33(22)3/h4-12H,13-14H2,1-3H3,(H,31,36). The van der Waals surface area contributed by atoms with Gasteiger partial charge in [-0.1, -0.05) is 18.2 Å². The van der Waals surface area contributed by atoms with Crippen molar-refractivity contribution < 1.29 is 18.0 Å². The summed E-state index contributed by atoms with van der Waals surface area (Å²) in [5.74, 6) is -0.899. The number of carbonyl (C=O) groups is 1. The number of nitrogens with zero attached hydrogens (tertiary/aromatic N) is 5. The molecule has 1 amide bonds. The van der Waals surface area contributed by atoms with E-state index in [1.165, 1.54) is 9.13 Å². The van der Waals surface area contributed by atoms with Crippen molar-refractivity contribution in [3.05, 3.63) is 76.6 Å². The normalized spacial score (nSPS) is 11.9. The molecule has 0 atom stereocenters. The lowest BCUT2D eigenvalue weighted by atomic mass is 10.0. The van der Waals surface area contributed by atoms with Gasteiger partial charge in [-0.05, 0) is 48.7 Å². The third kappa shape index (κ3) is 4.37. The Morgan fingerprint density at radius 3 is 2.54 bits per heavy atom. The van der Waals surface area contributed by atoms with Gasteiger partial charge >= 0.3 is 11.9 Å². The van der Waals surface area contributed by atoms with Crippen LogP contribution in [0.3, 0.4) is 0 Å². The Bertz CT molecular complexity index is 1730. The molecular weight excluding hydrogens is 485 g/mol. The van der Waals surface area contributed by atoms with Crippen molar-refractivity contribution in [2.24, 2.45) is 7.05 Å². The van der Waals surface area contributed by atoms with E-state index in [-0.39, 0.29) is 0 Å². The molecule has 8 nitrogen and oxygen atoms in total. The maximum atomic E-state index is 13.6. The molecule has 0 radical (unpaired) electrons. The van der Waals surface area contributed by atoms with Crippen molar-refractivity contribution in [1.82, 2.24) is 29.2 Å². The minimum absolute atomic E-state index is 0.458. The number of hydrogen-bond acceptors (Lipinski definition) is 4. The molecule has 0 fully saturated rings. The molecule has 5 aromatic rings. The number of para-hydroxylation sites is 1. The summed E-state index contributed by atoms with van der Waals surface area (Å²) in [6, 6.07) is 10.9. The number of nitrogens with one attached hydrogen (secondary N) is 1. The number of alkyl halides is 3. The van der Waals surface area contributed by atoms with Crippen molar-refractivity contribution in [3.63, 3.8) is 0 Å². The number of carbonyl (C=O) groups excluding carboxylic acids is 1. The number of imidazole rings is 1. The van der Waals surface area contributed by atoms with E-state index in [1.807, 2.05) is 50.5 Å². The Kier molecular flexibility index (Phi) is 5.85. The number of rotatable bonds is 5. The van der Waals surface area contributed by atoms with Gasteiger partial charge in [-0.15, -0.1) is 0 Å². The van der Waals surface area contributed by atoms with Gasteiger partial charge < -0.3 is 5.32 Å². The molecule has 5 rings (SSSR count). The smallest absolute Gasteiger partial charge is 0.345 e. The zero-order valence-corrected chi connectivity index (χ0v) is 20.3. The molecule has 37 heavy (non-hydrogen) atoms. The highest BCUT2D eigenvalue weighted by atomic mass is 19.4. The van der Waals surface area contributed by atoms with Crippen LogP contribution >= 0.6 is 0 Å². The Labute approximate surface area is 209 Å². The number of aromatic nitrogens is 5. The summed E-state index contributed by atoms with van der Waals surface area (Å²) in [5, 5.41) is 7.09. The zero-order valence-electron chi connectivity index (χ0n) is 20.3. The average molecular weight is 509 g/mol. The molecule has 0 unspecified atom stereocenters. The highest BCUT2D eigenvalue weighted by Gasteiger charge is 2.28. The van der Waals surface area contributed by atoms with Crippen LogP contribution in [0, 0.1) is 13.8 Å². The van der Waals surface area contributed by atoms with Gasteiger partial charge in [0.25, 0.3) is 0 Å². The molecule has 11 heteroatoms. The topological polar surface area (TPSA) is 86.7 Å². The van der Waals surface area contributed by atoms with Crippen molar-refractivity contribution in [1.29, 1.82) is 0 Å². The van der Waals surface area contributed by atoms with E-state index in [9.17, 15) is 22.8 Å². The predicted molar refractivity (Wildman–Crippen MR) is 134 cm³/mol. The van der Waals surface area contributed by atoms with E-state index in [4.69, 9.17) is 0 Å². The maximum Gasteiger partial charge on any atom is 0.405 e. The van der Waals surface area contributed by atoms with Gasteiger partial charge in [0.2, 0.25) is 5.91 Å². The van der Waals surface area contributed by atoms with E-state index < -0.39 is 30.9 Å². The number of halogens is 3. The second-order valence-electron chi connectivity index (χ2n) is 8.93. The van der Waals surface area contributed by atoms with E-state index in [0.717, 1.165) is 33.2 Å². The van der Waals surface area contributed by atoms with Gasteiger partial charge in [-0.2, -0.15) is 18.3 Å². The van der Waals surface area contributed by atoms with Gasteiger partial charge in [0, 0.05) is 24.2 Å². The first-order chi connectivity index (χ1) is 17.5. The van der Waals surface area contributed by atoms with Crippen LogP contribution in [0.4, 0.5) is 13.2 Å². The minimum atomic E-state index is -4.54. The van der Waals surface area contributed by atoms with E-state index in [0.29, 0.717) is 16.7 Å². The van der Waals surface area contributed by atoms with Crippen LogP contribution in [0.15, 0.2) is 59.8 Å². The fourth-order valence-electron chi connectivity index (χ4n) is 4.61. The highest BCUT2D eigenvalue weighted by Crippen LogP contribution is 2.31. The number of hydrogen-bond donors (Lipinski definition) is 1. The van der Waals surface area contributed by atoms with Crippen LogP contribution in [0.2, 0.25) is 0 Å². The minimum Gasteiger partial charge on any atom is -0.345 e. The van der Waals surface area contributed by atoms with Crippen LogP contribution in [0.5, 0.6) is 0 Å². The molecule has 0 saturated heterocycles. The average Bonchev–Trinajstić information content (AvgIpc) is 3.36. The Balaban J connectivity index is 1.60. The first-order valence-electron chi connectivity index (χ1n) is 11.5. The van der Waals surface area contributed by atoms with E-state index in [1.54, 1.807) is 35.4 Å². The summed E-state index contributed by atoms with van der Waals surface area (Å²) in [6.07, 6.45) is 0.746. The molecule has 1 N–H and O–H groups in total. The second kappa shape index (κ2) is 8.91. The number of amides is 1. The van der Waals surface area contributed by atoms with Crippen LogP contribution < -0.4 is 11.0 Å². The fraction of sp³-hybridized carbons (Fsp3) is 0.231. The molecule has 190 valence electrons. The lowest BCUT2D eigenvalue weighted by Gasteiger charge is -2.11. The summed E-state index contributed by atoms with van der Waals surface area (Å²) in [6.45, 7) is 1.72. The second-order valence-corrected chi connectivity index (χ2v) is 8.93. The number of pyridine rings is 1. The van der Waals surface area contributed by atoms with Crippen molar-refractivity contribution >= 4 is 27.8 Å². The Morgan fingerprint density at radius 2 is 1.81 bits per heavy atom. The van der Waals surface area contributed by atoms with Gasteiger partial charge in [0.05, 0.1) is 34.6 Å². The van der Waals surface area contributed by atoms with Gasteiger partial charge in [-0.3, -0.25) is 23.6 Å². The van der Waals surface area contributed by atoms with E-state index >= 15 is 0 Å². The van der Waals surface area contributed by atoms with Gasteiger partial charge in [0.15, 0.2) is 0 Å². The highest BCUT2D eigenvalue weighted by molar-refractivity contribution is 5.94. The predicted octanol–water partition coefficient (Wildman–Crippen LogP) is 4.04. The summed E-state index contributed by atoms with van der Waals surface area (Å²) in [7, 11) is 1.84. The van der Waals surface area contributed by atoms with Gasteiger partial charge in [0.1, 0.15) is 13.1 Å². The Hall–Kier alpha value is -4.41. The third-order valence-corrected chi connectivity index (χ3v) is 6.36. The molecule has 0 aliphatic carbocycles. The molecule has 0 saturated carbocycles. The lowest BCUT2D eigenvalue weighted by Crippen LogP contribution is -2.38. The Morgan fingerprint density at radius 1 is 1.03 bits per heavy atom. The first kappa shape index (κ1) is 24.3. The van der Waals surface area contributed by atoms with E-state index in [2.05, 4.69) is 10.1 Å². The van der Waals surface area contributed by atoms with Gasteiger partial charge in [-0.25, -0.2) is 4.79 Å². The first-order valence-corrected chi connectivity index (χ1v) is 11.5. The van der Waals surface area contributed by atoms with Crippen LogP contribution in [-0.2, 0) is 18.4 Å². The van der Waals surface area contributed by atoms with Crippen molar-refractivity contribution in [3.8, 4) is 16.8 Å². The van der Waals surface area contributed by atoms with Crippen LogP contribution in [0.1, 0.15) is 11.1 Å². The molecule has 0 spiro atoms. The SMILES string of the molecule is Cc1cc(-c2cncc3c2cnn3C)ccc1-n1c(=O)n(CC(=O)NCC(F)(F)F)c2cccc(C)c21. The monoisotopic (exact) mass is 508 g/mol. The summed E-state index contributed by atoms with van der Waals surface area (Å²) < 4.78 is 42.1. The third-order valence-electron chi connectivity index (χ3n) is 6.36.